The second kappa shape index (κ2) is 2.22. The van der Waals surface area contributed by atoms with Crippen LogP contribution in [0.3, 0.4) is 0 Å². The lowest BCUT2D eigenvalue weighted by Crippen LogP contribution is -2.40. The average molecular weight is 154 g/mol. The van der Waals surface area contributed by atoms with Gasteiger partial charge >= 0.3 is 6.03 Å². The summed E-state index contributed by atoms with van der Waals surface area (Å²) in [5.74, 6) is 0.237. The van der Waals surface area contributed by atoms with E-state index < -0.39 is 0 Å². The van der Waals surface area contributed by atoms with E-state index in [0.717, 1.165) is 12.8 Å². The lowest BCUT2D eigenvalue weighted by atomic mass is 9.80. The molecule has 11 heavy (non-hydrogen) atoms. The zero-order chi connectivity index (χ0) is 7.84. The number of urea groups is 1. The van der Waals surface area contributed by atoms with Crippen molar-refractivity contribution in [3.8, 4) is 0 Å². The van der Waals surface area contributed by atoms with Gasteiger partial charge in [0.1, 0.15) is 6.04 Å². The van der Waals surface area contributed by atoms with E-state index in [-0.39, 0.29) is 18.0 Å². The van der Waals surface area contributed by atoms with Crippen LogP contribution < -0.4 is 10.6 Å². The molecule has 0 aromatic carbocycles. The summed E-state index contributed by atoms with van der Waals surface area (Å²) >= 11 is 0. The van der Waals surface area contributed by atoms with Crippen LogP contribution in [0.4, 0.5) is 4.79 Å². The maximum absolute atomic E-state index is 11.0. The van der Waals surface area contributed by atoms with Crippen LogP contribution in [0.2, 0.25) is 0 Å². The summed E-state index contributed by atoms with van der Waals surface area (Å²) in [6.45, 7) is 0. The fraction of sp³-hybridized carbons (Fsp3) is 0.714. The van der Waals surface area contributed by atoms with Crippen molar-refractivity contribution in [3.05, 3.63) is 0 Å². The number of carbonyl (C=O) groups excluding carboxylic acids is 2. The van der Waals surface area contributed by atoms with Crippen molar-refractivity contribution < 1.29 is 9.59 Å². The molecule has 1 saturated heterocycles. The molecular formula is C7H10N2O2. The monoisotopic (exact) mass is 154 g/mol. The van der Waals surface area contributed by atoms with Gasteiger partial charge in [0.15, 0.2) is 0 Å². The number of rotatable bonds is 1. The maximum atomic E-state index is 11.0. The molecule has 2 N–H and O–H groups in total. The molecule has 2 fully saturated rings. The quantitative estimate of drug-likeness (QED) is 0.522. The second-order valence-electron chi connectivity index (χ2n) is 3.13. The van der Waals surface area contributed by atoms with Gasteiger partial charge in [0, 0.05) is 0 Å². The van der Waals surface area contributed by atoms with Gasteiger partial charge in [0.05, 0.1) is 0 Å². The average Bonchev–Trinajstić information content (AvgIpc) is 2.07. The molecule has 0 aromatic rings. The first-order valence-electron chi connectivity index (χ1n) is 3.89. The second-order valence-corrected chi connectivity index (χ2v) is 3.13. The Bertz CT molecular complexity index is 210. The first-order chi connectivity index (χ1) is 5.27. The zero-order valence-corrected chi connectivity index (χ0v) is 6.09. The molecule has 60 valence electrons. The number of imide groups is 1. The summed E-state index contributed by atoms with van der Waals surface area (Å²) in [7, 11) is 0. The van der Waals surface area contributed by atoms with Gasteiger partial charge in [-0.1, -0.05) is 6.42 Å². The molecule has 0 bridgehead atoms. The van der Waals surface area contributed by atoms with Crippen LogP contribution in [0, 0.1) is 5.92 Å². The van der Waals surface area contributed by atoms with Gasteiger partial charge in [-0.3, -0.25) is 10.1 Å². The van der Waals surface area contributed by atoms with Crippen molar-refractivity contribution in [2.45, 2.75) is 25.3 Å². The lowest BCUT2D eigenvalue weighted by Gasteiger charge is -2.28. The highest BCUT2D eigenvalue weighted by Crippen LogP contribution is 2.30. The Balaban J connectivity index is 2.02. The molecule has 4 nitrogen and oxygen atoms in total. The lowest BCUT2D eigenvalue weighted by molar-refractivity contribution is -0.121. The minimum absolute atomic E-state index is 0.153. The Kier molecular flexibility index (Phi) is 1.34. The summed E-state index contributed by atoms with van der Waals surface area (Å²) in [6.07, 6.45) is 3.32. The van der Waals surface area contributed by atoms with E-state index in [4.69, 9.17) is 0 Å². The van der Waals surface area contributed by atoms with Crippen molar-refractivity contribution in [1.29, 1.82) is 0 Å². The van der Waals surface area contributed by atoms with Crippen molar-refractivity contribution in [3.63, 3.8) is 0 Å². The van der Waals surface area contributed by atoms with E-state index in [1.807, 2.05) is 0 Å². The summed E-state index contributed by atoms with van der Waals surface area (Å²) in [6, 6.07) is -0.580. The molecule has 1 unspecified atom stereocenters. The molecule has 0 aromatic heterocycles. The summed E-state index contributed by atoms with van der Waals surface area (Å²) in [5, 5.41) is 4.83. The third-order valence-corrected chi connectivity index (χ3v) is 2.43. The number of nitrogens with one attached hydrogen (secondary N) is 2. The summed E-state index contributed by atoms with van der Waals surface area (Å²) < 4.78 is 0. The fourth-order valence-electron chi connectivity index (χ4n) is 1.54. The van der Waals surface area contributed by atoms with E-state index in [1.165, 1.54) is 6.42 Å². The third-order valence-electron chi connectivity index (χ3n) is 2.43. The maximum Gasteiger partial charge on any atom is 0.322 e. The van der Waals surface area contributed by atoms with Gasteiger partial charge in [-0.15, -0.1) is 0 Å². The number of carbonyl (C=O) groups is 2. The fourth-order valence-corrected chi connectivity index (χ4v) is 1.54. The molecule has 1 aliphatic carbocycles. The molecular weight excluding hydrogens is 144 g/mol. The van der Waals surface area contributed by atoms with E-state index in [9.17, 15) is 9.59 Å². The molecule has 1 saturated carbocycles. The summed E-state index contributed by atoms with van der Waals surface area (Å²) in [5.41, 5.74) is 0. The van der Waals surface area contributed by atoms with Crippen molar-refractivity contribution >= 4 is 11.9 Å². The molecule has 1 aliphatic heterocycles. The van der Waals surface area contributed by atoms with Crippen LogP contribution in [-0.2, 0) is 4.79 Å². The predicted octanol–water partition coefficient (Wildman–Crippen LogP) is -0.00550. The van der Waals surface area contributed by atoms with Crippen LogP contribution in [0.15, 0.2) is 0 Å². The Morgan fingerprint density at radius 3 is 2.36 bits per heavy atom. The first-order valence-corrected chi connectivity index (χ1v) is 3.89. The van der Waals surface area contributed by atoms with Crippen LogP contribution in [-0.4, -0.2) is 18.0 Å². The third kappa shape index (κ3) is 0.982. The molecule has 3 amide bonds. The number of hydrogen-bond acceptors (Lipinski definition) is 2. The van der Waals surface area contributed by atoms with Crippen molar-refractivity contribution in [1.82, 2.24) is 10.6 Å². The number of hydrogen-bond donors (Lipinski definition) is 2. The Hall–Kier alpha value is -1.06. The van der Waals surface area contributed by atoms with Gasteiger partial charge < -0.3 is 5.32 Å². The predicted molar refractivity (Wildman–Crippen MR) is 37.8 cm³/mol. The van der Waals surface area contributed by atoms with E-state index >= 15 is 0 Å². The van der Waals surface area contributed by atoms with Crippen LogP contribution in [0.1, 0.15) is 19.3 Å². The van der Waals surface area contributed by atoms with Gasteiger partial charge in [-0.25, -0.2) is 4.79 Å². The van der Waals surface area contributed by atoms with Crippen LogP contribution in [0.25, 0.3) is 0 Å². The van der Waals surface area contributed by atoms with E-state index in [2.05, 4.69) is 10.6 Å². The smallest absolute Gasteiger partial charge is 0.322 e. The first kappa shape index (κ1) is 6.64. The Morgan fingerprint density at radius 1 is 1.27 bits per heavy atom. The largest absolute Gasteiger partial charge is 0.326 e. The molecule has 0 radical (unpaired) electrons. The van der Waals surface area contributed by atoms with Crippen molar-refractivity contribution in [2.75, 3.05) is 0 Å². The molecule has 0 spiro atoms. The zero-order valence-electron chi connectivity index (χ0n) is 6.09. The summed E-state index contributed by atoms with van der Waals surface area (Å²) in [4.78, 5) is 21.7. The van der Waals surface area contributed by atoms with Gasteiger partial charge in [0.2, 0.25) is 0 Å². The molecule has 2 aliphatic rings. The van der Waals surface area contributed by atoms with Crippen molar-refractivity contribution in [2.24, 2.45) is 5.92 Å². The van der Waals surface area contributed by atoms with E-state index in [1.54, 1.807) is 0 Å². The normalized spacial score (nSPS) is 31.1. The SMILES string of the molecule is O=C1NC(=O)C(C2CCC2)N1. The Labute approximate surface area is 64.3 Å². The van der Waals surface area contributed by atoms with Crippen LogP contribution in [0.5, 0.6) is 0 Å². The standard InChI is InChI=1S/C7H10N2O2/c10-6-5(4-2-1-3-4)8-7(11)9-6/h4-5H,1-3H2,(H2,8,9,10,11). The Morgan fingerprint density at radius 2 is 2.00 bits per heavy atom. The molecule has 1 heterocycles. The molecule has 1 atom stereocenters. The minimum atomic E-state index is -0.341. The van der Waals surface area contributed by atoms with Crippen LogP contribution >= 0.6 is 0 Å². The van der Waals surface area contributed by atoms with Gasteiger partial charge in [0.25, 0.3) is 5.91 Å². The topological polar surface area (TPSA) is 58.2 Å². The highest BCUT2D eigenvalue weighted by molar-refractivity contribution is 6.04. The molecule has 4 heteroatoms. The number of amides is 3. The van der Waals surface area contributed by atoms with E-state index in [0.29, 0.717) is 5.92 Å². The van der Waals surface area contributed by atoms with Gasteiger partial charge in [-0.05, 0) is 18.8 Å². The minimum Gasteiger partial charge on any atom is -0.326 e. The van der Waals surface area contributed by atoms with Gasteiger partial charge in [-0.2, -0.15) is 0 Å². The highest BCUT2D eigenvalue weighted by atomic mass is 16.2. The highest BCUT2D eigenvalue weighted by Gasteiger charge is 2.38. The molecule has 2 rings (SSSR count).